The Labute approximate surface area is 274 Å². The van der Waals surface area contributed by atoms with Gasteiger partial charge in [0.2, 0.25) is 0 Å². The number of carbonyl (C=O) groups excluding carboxylic acids is 1. The molecule has 0 radical (unpaired) electrons. The number of hydrogen-bond donors (Lipinski definition) is 0. The van der Waals surface area contributed by atoms with E-state index < -0.39 is 12.0 Å². The van der Waals surface area contributed by atoms with Crippen molar-refractivity contribution >= 4 is 68.6 Å². The number of rotatable bonds is 7. The average molecular weight is 801 g/mol. The van der Waals surface area contributed by atoms with Crippen LogP contribution in [-0.2, 0) is 16.1 Å². The summed E-state index contributed by atoms with van der Waals surface area (Å²) in [5, 5.41) is 9.01. The number of hydrogen-bond acceptors (Lipinski definition) is 7. The molecule has 42 heavy (non-hydrogen) atoms. The lowest BCUT2D eigenvalue weighted by atomic mass is 9.95. The number of aromatic nitrogens is 1. The lowest BCUT2D eigenvalue weighted by Crippen LogP contribution is -2.39. The molecule has 0 unspecified atom stereocenters. The summed E-state index contributed by atoms with van der Waals surface area (Å²) in [4.78, 5) is 32.2. The van der Waals surface area contributed by atoms with E-state index in [0.29, 0.717) is 32.8 Å². The molecule has 0 bridgehead atoms. The van der Waals surface area contributed by atoms with Crippen LogP contribution >= 0.6 is 56.5 Å². The van der Waals surface area contributed by atoms with Gasteiger partial charge in [-0.1, -0.05) is 53.3 Å². The zero-order chi connectivity index (χ0) is 30.0. The second kappa shape index (κ2) is 12.9. The van der Waals surface area contributed by atoms with Crippen LogP contribution in [0.3, 0.4) is 0 Å². The highest BCUT2D eigenvalue weighted by Gasteiger charge is 2.33. The number of halogens is 2. The first-order valence-electron chi connectivity index (χ1n) is 13.1. The molecule has 5 rings (SSSR count). The molecule has 0 fully saturated rings. The van der Waals surface area contributed by atoms with Crippen molar-refractivity contribution in [2.75, 3.05) is 6.61 Å². The van der Waals surface area contributed by atoms with E-state index in [9.17, 15) is 9.59 Å². The minimum atomic E-state index is -0.638. The van der Waals surface area contributed by atoms with Crippen LogP contribution in [0, 0.1) is 25.4 Å². The molecule has 2 heterocycles. The number of fused-ring (bicyclic) bond motifs is 1. The summed E-state index contributed by atoms with van der Waals surface area (Å²) < 4.78 is 15.4. The molecule has 0 saturated carbocycles. The lowest BCUT2D eigenvalue weighted by Gasteiger charge is -2.24. The number of benzene rings is 3. The van der Waals surface area contributed by atoms with Gasteiger partial charge in [-0.2, -0.15) is 5.26 Å². The minimum Gasteiger partial charge on any atom is -0.487 e. The molecule has 3 aromatic carbocycles. The summed E-state index contributed by atoms with van der Waals surface area (Å²) in [6, 6.07) is 20.6. The molecule has 1 aromatic heterocycles. The Balaban J connectivity index is 1.53. The van der Waals surface area contributed by atoms with E-state index in [0.717, 1.165) is 35.1 Å². The lowest BCUT2D eigenvalue weighted by molar-refractivity contribution is -0.139. The van der Waals surface area contributed by atoms with Gasteiger partial charge >= 0.3 is 5.97 Å². The topological polar surface area (TPSA) is 93.7 Å². The van der Waals surface area contributed by atoms with Gasteiger partial charge in [-0.05, 0) is 113 Å². The molecule has 4 aromatic rings. The number of nitrogens with zero attached hydrogens (tertiary/aromatic N) is 3. The van der Waals surface area contributed by atoms with Gasteiger partial charge in [-0.3, -0.25) is 9.36 Å². The van der Waals surface area contributed by atoms with Crippen LogP contribution in [0.5, 0.6) is 5.75 Å². The summed E-state index contributed by atoms with van der Waals surface area (Å²) in [7, 11) is 0. The Morgan fingerprint density at radius 3 is 2.38 bits per heavy atom. The fourth-order valence-corrected chi connectivity index (χ4v) is 7.81. The summed E-state index contributed by atoms with van der Waals surface area (Å²) in [6.07, 6.45) is 1.86. The van der Waals surface area contributed by atoms with Gasteiger partial charge < -0.3 is 9.47 Å². The predicted molar refractivity (Wildman–Crippen MR) is 179 cm³/mol. The summed E-state index contributed by atoms with van der Waals surface area (Å²) in [6.45, 7) is 6.14. The van der Waals surface area contributed by atoms with Crippen molar-refractivity contribution in [2.45, 2.75) is 33.4 Å². The molecular formula is C32H25I2N3O4S. The first-order valence-corrected chi connectivity index (χ1v) is 16.0. The van der Waals surface area contributed by atoms with Crippen LogP contribution < -0.4 is 19.6 Å². The fourth-order valence-electron chi connectivity index (χ4n) is 4.64. The average Bonchev–Trinajstić information content (AvgIpc) is 3.26. The first kappa shape index (κ1) is 30.2. The van der Waals surface area contributed by atoms with E-state index in [1.807, 2.05) is 61.5 Å². The van der Waals surface area contributed by atoms with Crippen LogP contribution in [0.4, 0.5) is 0 Å². The Bertz CT molecular complexity index is 1910. The fraction of sp³-hybridized carbons (Fsp3) is 0.188. The molecular weight excluding hydrogens is 776 g/mol. The van der Waals surface area contributed by atoms with Crippen LogP contribution in [-0.4, -0.2) is 17.1 Å². The minimum absolute atomic E-state index is 0.218. The Morgan fingerprint density at radius 1 is 1.10 bits per heavy atom. The normalized spacial score (nSPS) is 14.7. The van der Waals surface area contributed by atoms with Gasteiger partial charge in [-0.25, -0.2) is 9.79 Å². The Kier molecular flexibility index (Phi) is 9.29. The number of thiazole rings is 1. The Hall–Kier alpha value is -3.28. The molecule has 212 valence electrons. The van der Waals surface area contributed by atoms with Crippen molar-refractivity contribution in [3.63, 3.8) is 0 Å². The third-order valence-corrected chi connectivity index (χ3v) is 9.28. The predicted octanol–water partition coefficient (Wildman–Crippen LogP) is 5.77. The quantitative estimate of drug-likeness (QED) is 0.175. The number of aryl methyl sites for hydroxylation is 1. The summed E-state index contributed by atoms with van der Waals surface area (Å²) >= 11 is 5.77. The number of ether oxygens (including phenoxy) is 2. The van der Waals surface area contributed by atoms with Gasteiger partial charge in [0.25, 0.3) is 5.56 Å². The van der Waals surface area contributed by atoms with Crippen LogP contribution in [0.15, 0.2) is 81.7 Å². The number of carbonyl (C=O) groups is 1. The van der Waals surface area contributed by atoms with Crippen molar-refractivity contribution < 1.29 is 14.3 Å². The van der Waals surface area contributed by atoms with Crippen LogP contribution in [0.2, 0.25) is 0 Å². The van der Waals surface area contributed by atoms with E-state index in [4.69, 9.17) is 14.7 Å². The smallest absolute Gasteiger partial charge is 0.338 e. The second-order valence-corrected chi connectivity index (χ2v) is 13.0. The standard InChI is InChI=1S/C32H25I2N3O4S/c1-4-40-31(39)27-19(3)36-32-37(28(27)23-11-5-18(2)6-12-23)30(38)26(42-32)15-22-13-24(33)29(25(34)14-22)41-17-21-9-7-20(16-35)8-10-21/h5-15,28H,4,17H2,1-3H3/b26-15-/t28-/m0/s1. The third kappa shape index (κ3) is 6.23. The van der Waals surface area contributed by atoms with Gasteiger partial charge in [0.05, 0.1) is 47.2 Å². The molecule has 0 aliphatic carbocycles. The molecule has 0 amide bonds. The zero-order valence-corrected chi connectivity index (χ0v) is 28.1. The Morgan fingerprint density at radius 2 is 1.76 bits per heavy atom. The molecule has 1 aliphatic rings. The van der Waals surface area contributed by atoms with Crippen LogP contribution in [0.25, 0.3) is 6.08 Å². The van der Waals surface area contributed by atoms with Crippen LogP contribution in [0.1, 0.15) is 47.7 Å². The second-order valence-electron chi connectivity index (χ2n) is 9.62. The number of allylic oxidation sites excluding steroid dienone is 1. The van der Waals surface area contributed by atoms with Gasteiger partial charge in [0.15, 0.2) is 4.80 Å². The van der Waals surface area contributed by atoms with E-state index in [1.54, 1.807) is 30.5 Å². The van der Waals surface area contributed by atoms with Gasteiger partial charge in [0.1, 0.15) is 12.4 Å². The van der Waals surface area contributed by atoms with Crippen molar-refractivity contribution in [3.05, 3.63) is 127 Å². The molecule has 0 N–H and O–H groups in total. The van der Waals surface area contributed by atoms with E-state index >= 15 is 0 Å². The van der Waals surface area contributed by atoms with Crippen molar-refractivity contribution in [3.8, 4) is 11.8 Å². The summed E-state index contributed by atoms with van der Waals surface area (Å²) in [5.41, 5.74) is 5.02. The highest BCUT2D eigenvalue weighted by molar-refractivity contribution is 14.1. The maximum absolute atomic E-state index is 13.9. The van der Waals surface area contributed by atoms with E-state index in [1.165, 1.54) is 11.3 Å². The number of nitriles is 1. The van der Waals surface area contributed by atoms with Crippen molar-refractivity contribution in [1.82, 2.24) is 4.57 Å². The van der Waals surface area contributed by atoms with E-state index in [2.05, 4.69) is 56.2 Å². The largest absolute Gasteiger partial charge is 0.487 e. The highest BCUT2D eigenvalue weighted by atomic mass is 127. The van der Waals surface area contributed by atoms with Crippen molar-refractivity contribution in [2.24, 2.45) is 4.99 Å². The molecule has 1 aliphatic heterocycles. The molecule has 1 atom stereocenters. The third-order valence-electron chi connectivity index (χ3n) is 6.69. The molecule has 7 nitrogen and oxygen atoms in total. The van der Waals surface area contributed by atoms with Gasteiger partial charge in [-0.15, -0.1) is 0 Å². The number of esters is 1. The van der Waals surface area contributed by atoms with Gasteiger partial charge in [0, 0.05) is 0 Å². The zero-order valence-electron chi connectivity index (χ0n) is 23.0. The van der Waals surface area contributed by atoms with E-state index in [-0.39, 0.29) is 12.2 Å². The maximum Gasteiger partial charge on any atom is 0.338 e. The molecule has 10 heteroatoms. The molecule has 0 spiro atoms. The monoisotopic (exact) mass is 801 g/mol. The van der Waals surface area contributed by atoms with Crippen molar-refractivity contribution in [1.29, 1.82) is 5.26 Å². The molecule has 0 saturated heterocycles. The highest BCUT2D eigenvalue weighted by Crippen LogP contribution is 2.32. The summed E-state index contributed by atoms with van der Waals surface area (Å²) in [5.74, 6) is 0.285. The maximum atomic E-state index is 13.9. The SMILES string of the molecule is CCOC(=O)C1=C(C)N=c2s/c(=C\c3cc(I)c(OCc4ccc(C#N)cc4)c(I)c3)c(=O)n2[C@H]1c1ccc(C)cc1. The first-order chi connectivity index (χ1) is 20.2.